The van der Waals surface area contributed by atoms with E-state index in [4.69, 9.17) is 4.74 Å². The molecule has 5 heteroatoms. The number of ether oxygens (including phenoxy) is 1. The summed E-state index contributed by atoms with van der Waals surface area (Å²) in [4.78, 5) is 23.6. The van der Waals surface area contributed by atoms with Crippen molar-refractivity contribution in [1.29, 1.82) is 0 Å². The van der Waals surface area contributed by atoms with Crippen molar-refractivity contribution >= 4 is 12.1 Å². The van der Waals surface area contributed by atoms with Crippen LogP contribution in [0.2, 0.25) is 0 Å². The molecular weight excluding hydrogens is 369 g/mol. The molecule has 0 spiro atoms. The van der Waals surface area contributed by atoms with Gasteiger partial charge < -0.3 is 10.1 Å². The molecule has 1 atom stereocenters. The maximum absolute atomic E-state index is 13.4. The van der Waals surface area contributed by atoms with E-state index in [1.807, 2.05) is 54.6 Å². The Balaban J connectivity index is 1.43. The Kier molecular flexibility index (Phi) is 5.38. The van der Waals surface area contributed by atoms with Gasteiger partial charge in [-0.3, -0.25) is 4.79 Å². The molecule has 0 heterocycles. The lowest BCUT2D eigenvalue weighted by molar-refractivity contribution is -0.131. The van der Waals surface area contributed by atoms with Gasteiger partial charge in [-0.1, -0.05) is 78.9 Å². The summed E-state index contributed by atoms with van der Waals surface area (Å²) < 4.78 is 18.8. The molecular formula is C24H20FNO3. The quantitative estimate of drug-likeness (QED) is 0.625. The zero-order valence-electron chi connectivity index (χ0n) is 15.7. The Morgan fingerprint density at radius 1 is 0.862 bits per heavy atom. The summed E-state index contributed by atoms with van der Waals surface area (Å²) in [6, 6.07) is 22.1. The number of amides is 1. The Morgan fingerprint density at radius 3 is 2.00 bits per heavy atom. The number of fused-ring (bicyclic) bond motifs is 3. The minimum atomic E-state index is -1.60. The molecule has 0 saturated carbocycles. The Labute approximate surface area is 168 Å². The predicted molar refractivity (Wildman–Crippen MR) is 108 cm³/mol. The van der Waals surface area contributed by atoms with Gasteiger partial charge in [-0.2, -0.15) is 4.39 Å². The van der Waals surface area contributed by atoms with Crippen LogP contribution in [-0.4, -0.2) is 24.8 Å². The summed E-state index contributed by atoms with van der Waals surface area (Å²) in [7, 11) is 0. The second-order valence-electron chi connectivity index (χ2n) is 7.02. The molecule has 29 heavy (non-hydrogen) atoms. The molecule has 1 N–H and O–H groups in total. The molecule has 3 aromatic rings. The fourth-order valence-corrected chi connectivity index (χ4v) is 3.82. The van der Waals surface area contributed by atoms with Crippen LogP contribution in [-0.2, 0) is 16.0 Å². The fourth-order valence-electron chi connectivity index (χ4n) is 3.82. The monoisotopic (exact) mass is 389 g/mol. The van der Waals surface area contributed by atoms with Gasteiger partial charge in [0.25, 0.3) is 0 Å². The Hall–Kier alpha value is -3.47. The lowest BCUT2D eigenvalue weighted by atomic mass is 9.98. The number of alkyl carbamates (subject to hydrolysis) is 1. The number of hydrogen-bond acceptors (Lipinski definition) is 3. The molecule has 0 saturated heterocycles. The number of hydrogen-bond donors (Lipinski definition) is 1. The van der Waals surface area contributed by atoms with Crippen molar-refractivity contribution in [1.82, 2.24) is 5.32 Å². The highest BCUT2D eigenvalue weighted by atomic mass is 19.1. The van der Waals surface area contributed by atoms with E-state index >= 15 is 0 Å². The van der Waals surface area contributed by atoms with Gasteiger partial charge in [0.2, 0.25) is 0 Å². The molecule has 0 radical (unpaired) electrons. The van der Waals surface area contributed by atoms with Crippen LogP contribution in [0.3, 0.4) is 0 Å². The van der Waals surface area contributed by atoms with Gasteiger partial charge in [0, 0.05) is 12.3 Å². The topological polar surface area (TPSA) is 55.4 Å². The van der Waals surface area contributed by atoms with Crippen LogP contribution in [0.25, 0.3) is 11.1 Å². The van der Waals surface area contributed by atoms with Crippen molar-refractivity contribution in [3.63, 3.8) is 0 Å². The molecule has 0 bridgehead atoms. The summed E-state index contributed by atoms with van der Waals surface area (Å²) in [6.07, 6.45) is -0.737. The molecule has 0 aliphatic heterocycles. The van der Waals surface area contributed by atoms with Crippen LogP contribution in [0.5, 0.6) is 0 Å². The SMILES string of the molecule is O=C(NC(Cc1ccccc1)C(=O)F)OCC1c2ccccc2-c2ccccc21. The molecule has 1 aliphatic carbocycles. The van der Waals surface area contributed by atoms with Gasteiger partial charge in [-0.25, -0.2) is 4.79 Å². The summed E-state index contributed by atoms with van der Waals surface area (Å²) in [5.41, 5.74) is 5.17. The van der Waals surface area contributed by atoms with Crippen LogP contribution < -0.4 is 5.32 Å². The third kappa shape index (κ3) is 4.04. The van der Waals surface area contributed by atoms with Crippen molar-refractivity contribution in [2.24, 2.45) is 0 Å². The maximum atomic E-state index is 13.4. The zero-order chi connectivity index (χ0) is 20.2. The number of rotatable bonds is 6. The van der Waals surface area contributed by atoms with E-state index in [1.165, 1.54) is 0 Å². The summed E-state index contributed by atoms with van der Waals surface area (Å²) >= 11 is 0. The van der Waals surface area contributed by atoms with Crippen molar-refractivity contribution in [3.05, 3.63) is 95.6 Å². The number of halogens is 1. The van der Waals surface area contributed by atoms with Crippen molar-refractivity contribution in [3.8, 4) is 11.1 Å². The largest absolute Gasteiger partial charge is 0.449 e. The highest BCUT2D eigenvalue weighted by Crippen LogP contribution is 2.44. The number of nitrogens with one attached hydrogen (secondary N) is 1. The minimum Gasteiger partial charge on any atom is -0.449 e. The van der Waals surface area contributed by atoms with Gasteiger partial charge >= 0.3 is 12.1 Å². The average Bonchev–Trinajstić information content (AvgIpc) is 3.06. The molecule has 0 aromatic heterocycles. The molecule has 3 aromatic carbocycles. The maximum Gasteiger partial charge on any atom is 0.407 e. The first-order valence-corrected chi connectivity index (χ1v) is 9.48. The fraction of sp³-hybridized carbons (Fsp3) is 0.167. The van der Waals surface area contributed by atoms with E-state index in [-0.39, 0.29) is 18.9 Å². The zero-order valence-corrected chi connectivity index (χ0v) is 15.7. The number of benzene rings is 3. The molecule has 4 rings (SSSR count). The second-order valence-corrected chi connectivity index (χ2v) is 7.02. The first kappa shape index (κ1) is 18.9. The van der Waals surface area contributed by atoms with Gasteiger partial charge in [-0.05, 0) is 27.8 Å². The average molecular weight is 389 g/mol. The Morgan fingerprint density at radius 2 is 1.41 bits per heavy atom. The number of carbonyl (C=O) groups is 2. The van der Waals surface area contributed by atoms with Gasteiger partial charge in [0.05, 0.1) is 0 Å². The van der Waals surface area contributed by atoms with Crippen LogP contribution in [0, 0.1) is 0 Å². The third-order valence-electron chi connectivity index (χ3n) is 5.19. The van der Waals surface area contributed by atoms with Crippen molar-refractivity contribution in [2.75, 3.05) is 6.61 Å². The molecule has 1 aliphatic rings. The summed E-state index contributed by atoms with van der Waals surface area (Å²) in [5, 5.41) is 2.35. The van der Waals surface area contributed by atoms with Gasteiger partial charge in [-0.15, -0.1) is 0 Å². The molecule has 146 valence electrons. The van der Waals surface area contributed by atoms with Crippen molar-refractivity contribution < 1.29 is 18.7 Å². The third-order valence-corrected chi connectivity index (χ3v) is 5.19. The molecule has 4 nitrogen and oxygen atoms in total. The van der Waals surface area contributed by atoms with E-state index in [1.54, 1.807) is 24.3 Å². The van der Waals surface area contributed by atoms with E-state index in [2.05, 4.69) is 5.32 Å². The van der Waals surface area contributed by atoms with E-state index in [0.717, 1.165) is 27.8 Å². The lowest BCUT2D eigenvalue weighted by Gasteiger charge is -2.17. The van der Waals surface area contributed by atoms with Gasteiger partial charge in [0.15, 0.2) is 0 Å². The van der Waals surface area contributed by atoms with Crippen LogP contribution in [0.4, 0.5) is 9.18 Å². The van der Waals surface area contributed by atoms with E-state index in [0.29, 0.717) is 0 Å². The number of carbonyl (C=O) groups excluding carboxylic acids is 2. The van der Waals surface area contributed by atoms with Crippen LogP contribution >= 0.6 is 0 Å². The smallest absolute Gasteiger partial charge is 0.407 e. The second kappa shape index (κ2) is 8.27. The highest BCUT2D eigenvalue weighted by Gasteiger charge is 2.29. The summed E-state index contributed by atoms with van der Waals surface area (Å²) in [6.45, 7) is 0.110. The van der Waals surface area contributed by atoms with E-state index < -0.39 is 18.2 Å². The Bertz CT molecular complexity index is 990. The predicted octanol–water partition coefficient (Wildman–Crippen LogP) is 4.63. The first-order chi connectivity index (χ1) is 14.1. The normalized spacial score (nSPS) is 13.3. The minimum absolute atomic E-state index is 0.0698. The highest BCUT2D eigenvalue weighted by molar-refractivity contribution is 5.81. The van der Waals surface area contributed by atoms with Crippen LogP contribution in [0.15, 0.2) is 78.9 Å². The summed E-state index contributed by atoms with van der Waals surface area (Å²) in [5.74, 6) is -0.0956. The van der Waals surface area contributed by atoms with Crippen LogP contribution in [0.1, 0.15) is 22.6 Å². The van der Waals surface area contributed by atoms with E-state index in [9.17, 15) is 14.0 Å². The standard InChI is InChI=1S/C24H20FNO3/c25-23(27)22(14-16-8-2-1-3-9-16)26-24(28)29-15-21-19-12-6-4-10-17(19)18-11-5-7-13-20(18)21/h1-13,21-22H,14-15H2,(H,26,28). The molecule has 1 amide bonds. The molecule has 1 unspecified atom stereocenters. The van der Waals surface area contributed by atoms with Crippen molar-refractivity contribution in [2.45, 2.75) is 18.4 Å². The lowest BCUT2D eigenvalue weighted by Crippen LogP contribution is -2.41. The van der Waals surface area contributed by atoms with Gasteiger partial charge in [0.1, 0.15) is 12.6 Å². The first-order valence-electron chi connectivity index (χ1n) is 9.48. The molecule has 0 fully saturated rings.